The van der Waals surface area contributed by atoms with Gasteiger partial charge in [0.05, 0.1) is 37.5 Å². The maximum Gasteiger partial charge on any atom is 0.348 e. The summed E-state index contributed by atoms with van der Waals surface area (Å²) in [7, 11) is 2.58. The lowest BCUT2D eigenvalue weighted by Gasteiger charge is -2.27. The Morgan fingerprint density at radius 2 is 1.88 bits per heavy atom. The number of ether oxygens (including phenoxy) is 3. The number of carbonyl (C=O) groups is 3. The van der Waals surface area contributed by atoms with E-state index < -0.39 is 35.5 Å². The molecule has 0 N–H and O–H groups in total. The standard InChI is InChI=1S/C24H19F2NO6S/c1-12(20-16(26)5-4-6-18(20)31-2)33-14-7-8-15(25)17(10-14)27-19(28)9-13-11-34-22(24(30)32-3)21(13)23(27)29/h4-8,10-12H,9H2,1-3H3. The number of benzene rings is 2. The van der Waals surface area contributed by atoms with Gasteiger partial charge in [-0.05, 0) is 42.1 Å². The predicted molar refractivity (Wildman–Crippen MR) is 120 cm³/mol. The van der Waals surface area contributed by atoms with Gasteiger partial charge >= 0.3 is 5.97 Å². The molecule has 4 rings (SSSR count). The van der Waals surface area contributed by atoms with Gasteiger partial charge in [0.15, 0.2) is 0 Å². The monoisotopic (exact) mass is 487 g/mol. The van der Waals surface area contributed by atoms with Crippen molar-refractivity contribution in [2.45, 2.75) is 19.4 Å². The van der Waals surface area contributed by atoms with E-state index in [1.807, 2.05) is 0 Å². The molecule has 1 unspecified atom stereocenters. The van der Waals surface area contributed by atoms with E-state index in [1.165, 1.54) is 43.9 Å². The number of carbonyl (C=O) groups excluding carboxylic acids is 3. The quantitative estimate of drug-likeness (QED) is 0.371. The van der Waals surface area contributed by atoms with Crippen LogP contribution in [-0.2, 0) is 16.0 Å². The van der Waals surface area contributed by atoms with Crippen LogP contribution in [0.15, 0.2) is 41.8 Å². The summed E-state index contributed by atoms with van der Waals surface area (Å²) in [5.74, 6) is -3.24. The SMILES string of the molecule is COC(=O)c1scc2c1C(=O)N(c1cc(OC(C)c3c(F)cccc3OC)ccc1F)C(=O)C2. The zero-order valence-corrected chi connectivity index (χ0v) is 19.2. The van der Waals surface area contributed by atoms with E-state index in [-0.39, 0.29) is 39.6 Å². The number of hydrogen-bond acceptors (Lipinski definition) is 7. The number of rotatable bonds is 6. The van der Waals surface area contributed by atoms with E-state index in [9.17, 15) is 23.2 Å². The summed E-state index contributed by atoms with van der Waals surface area (Å²) in [5.41, 5.74) is 0.205. The zero-order chi connectivity index (χ0) is 24.6. The van der Waals surface area contributed by atoms with E-state index in [1.54, 1.807) is 13.0 Å². The summed E-state index contributed by atoms with van der Waals surface area (Å²) in [6, 6.07) is 7.87. The number of halogens is 2. The van der Waals surface area contributed by atoms with Crippen LogP contribution in [0.2, 0.25) is 0 Å². The van der Waals surface area contributed by atoms with Crippen molar-refractivity contribution in [3.8, 4) is 11.5 Å². The molecule has 2 aromatic carbocycles. The minimum Gasteiger partial charge on any atom is -0.496 e. The number of hydrogen-bond donors (Lipinski definition) is 0. The predicted octanol–water partition coefficient (Wildman–Crippen LogP) is 4.69. The molecular weight excluding hydrogens is 468 g/mol. The normalized spacial score (nSPS) is 14.0. The molecular formula is C24H19F2NO6S. The Balaban J connectivity index is 1.69. The van der Waals surface area contributed by atoms with Crippen LogP contribution in [0.5, 0.6) is 11.5 Å². The minimum atomic E-state index is -0.844. The highest BCUT2D eigenvalue weighted by atomic mass is 32.1. The van der Waals surface area contributed by atoms with E-state index >= 15 is 0 Å². The Labute approximate surface area is 197 Å². The maximum atomic E-state index is 14.8. The number of thiophene rings is 1. The van der Waals surface area contributed by atoms with Crippen LogP contribution in [0, 0.1) is 11.6 Å². The molecule has 10 heteroatoms. The van der Waals surface area contributed by atoms with Crippen LogP contribution < -0.4 is 14.4 Å². The third kappa shape index (κ3) is 4.01. The molecule has 0 aliphatic carbocycles. The fourth-order valence-electron chi connectivity index (χ4n) is 3.80. The molecule has 7 nitrogen and oxygen atoms in total. The number of methoxy groups -OCH3 is 2. The molecule has 1 aromatic heterocycles. The van der Waals surface area contributed by atoms with Crippen molar-refractivity contribution in [2.24, 2.45) is 0 Å². The van der Waals surface area contributed by atoms with Gasteiger partial charge in [-0.1, -0.05) is 6.07 Å². The molecule has 0 saturated heterocycles. The molecule has 2 heterocycles. The second kappa shape index (κ2) is 9.22. The number of fused-ring (bicyclic) bond motifs is 1. The highest BCUT2D eigenvalue weighted by Crippen LogP contribution is 2.36. The first-order valence-corrected chi connectivity index (χ1v) is 11.0. The molecule has 0 saturated carbocycles. The summed E-state index contributed by atoms with van der Waals surface area (Å²) in [6.07, 6.45) is -1.03. The van der Waals surface area contributed by atoms with Crippen molar-refractivity contribution < 1.29 is 37.4 Å². The number of imide groups is 1. The van der Waals surface area contributed by atoms with Gasteiger partial charge in [0.2, 0.25) is 5.91 Å². The fraction of sp³-hybridized carbons (Fsp3) is 0.208. The molecule has 176 valence electrons. The Kier molecular flexibility index (Phi) is 6.34. The highest BCUT2D eigenvalue weighted by Gasteiger charge is 2.38. The van der Waals surface area contributed by atoms with Gasteiger partial charge < -0.3 is 14.2 Å². The van der Waals surface area contributed by atoms with Gasteiger partial charge in [-0.3, -0.25) is 9.59 Å². The zero-order valence-electron chi connectivity index (χ0n) is 18.4. The van der Waals surface area contributed by atoms with E-state index in [4.69, 9.17) is 14.2 Å². The van der Waals surface area contributed by atoms with Crippen LogP contribution in [0.25, 0.3) is 0 Å². The van der Waals surface area contributed by atoms with Crippen LogP contribution >= 0.6 is 11.3 Å². The minimum absolute atomic E-state index is 0.00614. The fourth-order valence-corrected chi connectivity index (χ4v) is 4.78. The van der Waals surface area contributed by atoms with Gasteiger partial charge in [0.1, 0.15) is 34.1 Å². The van der Waals surface area contributed by atoms with Gasteiger partial charge in [0.25, 0.3) is 5.91 Å². The first-order chi connectivity index (χ1) is 16.3. The third-order valence-electron chi connectivity index (χ3n) is 5.36. The van der Waals surface area contributed by atoms with Crippen LogP contribution in [-0.4, -0.2) is 32.0 Å². The molecule has 0 fully saturated rings. The second-order valence-corrected chi connectivity index (χ2v) is 8.28. The summed E-state index contributed by atoms with van der Waals surface area (Å²) >= 11 is 0.979. The van der Waals surface area contributed by atoms with Crippen molar-refractivity contribution in [3.05, 3.63) is 75.0 Å². The smallest absolute Gasteiger partial charge is 0.348 e. The van der Waals surface area contributed by atoms with Gasteiger partial charge in [-0.15, -0.1) is 11.3 Å². The van der Waals surface area contributed by atoms with Crippen molar-refractivity contribution in [1.29, 1.82) is 0 Å². The average Bonchev–Trinajstić information content (AvgIpc) is 3.24. The number of nitrogens with zero attached hydrogens (tertiary/aromatic N) is 1. The Hall–Kier alpha value is -3.79. The summed E-state index contributed by atoms with van der Waals surface area (Å²) in [6.45, 7) is 1.58. The first kappa shape index (κ1) is 23.4. The maximum absolute atomic E-state index is 14.8. The molecule has 1 aliphatic rings. The Morgan fingerprint density at radius 1 is 1.12 bits per heavy atom. The Morgan fingerprint density at radius 3 is 2.59 bits per heavy atom. The molecule has 1 aliphatic heterocycles. The lowest BCUT2D eigenvalue weighted by molar-refractivity contribution is -0.117. The van der Waals surface area contributed by atoms with Crippen molar-refractivity contribution >= 4 is 34.8 Å². The van der Waals surface area contributed by atoms with E-state index in [2.05, 4.69) is 0 Å². The number of esters is 1. The second-order valence-electron chi connectivity index (χ2n) is 7.40. The highest BCUT2D eigenvalue weighted by molar-refractivity contribution is 7.12. The molecule has 1 atom stereocenters. The van der Waals surface area contributed by atoms with E-state index in [0.717, 1.165) is 17.4 Å². The summed E-state index contributed by atoms with van der Waals surface area (Å²) in [4.78, 5) is 38.8. The van der Waals surface area contributed by atoms with Crippen LogP contribution in [0.1, 0.15) is 44.2 Å². The third-order valence-corrected chi connectivity index (χ3v) is 6.37. The van der Waals surface area contributed by atoms with Gasteiger partial charge in [0, 0.05) is 6.07 Å². The topological polar surface area (TPSA) is 82.1 Å². The molecule has 0 spiro atoms. The molecule has 3 aromatic rings. The summed E-state index contributed by atoms with van der Waals surface area (Å²) in [5, 5.41) is 1.54. The Bertz CT molecular complexity index is 1300. The first-order valence-electron chi connectivity index (χ1n) is 10.1. The lowest BCUT2D eigenvalue weighted by atomic mass is 10.0. The van der Waals surface area contributed by atoms with Gasteiger partial charge in [-0.25, -0.2) is 18.5 Å². The molecule has 34 heavy (non-hydrogen) atoms. The van der Waals surface area contributed by atoms with Crippen molar-refractivity contribution in [3.63, 3.8) is 0 Å². The number of amides is 2. The van der Waals surface area contributed by atoms with Crippen molar-refractivity contribution in [2.75, 3.05) is 19.1 Å². The van der Waals surface area contributed by atoms with Crippen LogP contribution in [0.3, 0.4) is 0 Å². The van der Waals surface area contributed by atoms with E-state index in [0.29, 0.717) is 10.5 Å². The lowest BCUT2D eigenvalue weighted by Crippen LogP contribution is -2.43. The average molecular weight is 487 g/mol. The van der Waals surface area contributed by atoms with Crippen molar-refractivity contribution in [1.82, 2.24) is 0 Å². The molecule has 0 bridgehead atoms. The number of anilines is 1. The summed E-state index contributed by atoms with van der Waals surface area (Å²) < 4.78 is 44.9. The molecule has 2 amide bonds. The van der Waals surface area contributed by atoms with Crippen LogP contribution in [0.4, 0.5) is 14.5 Å². The largest absolute Gasteiger partial charge is 0.496 e. The molecule has 0 radical (unpaired) electrons. The van der Waals surface area contributed by atoms with Gasteiger partial charge in [-0.2, -0.15) is 0 Å².